The van der Waals surface area contributed by atoms with Gasteiger partial charge >= 0.3 is 0 Å². The summed E-state index contributed by atoms with van der Waals surface area (Å²) in [6.07, 6.45) is 2.31. The van der Waals surface area contributed by atoms with Gasteiger partial charge in [0, 0.05) is 6.54 Å². The van der Waals surface area contributed by atoms with Gasteiger partial charge in [-0.05, 0) is 44.0 Å². The van der Waals surface area contributed by atoms with Crippen molar-refractivity contribution in [2.45, 2.75) is 12.8 Å². The molecule has 1 aromatic rings. The van der Waals surface area contributed by atoms with E-state index in [0.29, 0.717) is 18.0 Å². The summed E-state index contributed by atoms with van der Waals surface area (Å²) < 4.78 is 0. The SMILES string of the molecule is O=C(NCC1CCCNC1)c1ccccc1O. The number of carbonyl (C=O) groups is 1. The summed E-state index contributed by atoms with van der Waals surface area (Å²) in [6.45, 7) is 2.70. The molecule has 1 aromatic carbocycles. The fourth-order valence-electron chi connectivity index (χ4n) is 2.10. The van der Waals surface area contributed by atoms with Crippen LogP contribution in [0, 0.1) is 5.92 Å². The Hall–Kier alpha value is -1.55. The molecule has 0 spiro atoms. The van der Waals surface area contributed by atoms with E-state index in [4.69, 9.17) is 0 Å². The first-order valence-electron chi connectivity index (χ1n) is 6.04. The number of amides is 1. The van der Waals surface area contributed by atoms with Crippen LogP contribution in [-0.2, 0) is 0 Å². The molecular formula is C13H18N2O2. The van der Waals surface area contributed by atoms with Crippen molar-refractivity contribution < 1.29 is 9.90 Å². The molecule has 1 fully saturated rings. The van der Waals surface area contributed by atoms with Crippen LogP contribution in [0.3, 0.4) is 0 Å². The van der Waals surface area contributed by atoms with Gasteiger partial charge in [0.05, 0.1) is 5.56 Å². The zero-order chi connectivity index (χ0) is 12.1. The van der Waals surface area contributed by atoms with Gasteiger partial charge in [0.2, 0.25) is 0 Å². The van der Waals surface area contributed by atoms with Crippen LogP contribution in [0.4, 0.5) is 0 Å². The molecule has 1 heterocycles. The van der Waals surface area contributed by atoms with Crippen LogP contribution in [0.2, 0.25) is 0 Å². The van der Waals surface area contributed by atoms with Crippen LogP contribution in [0.25, 0.3) is 0 Å². The zero-order valence-corrected chi connectivity index (χ0v) is 9.78. The summed E-state index contributed by atoms with van der Waals surface area (Å²) in [5.41, 5.74) is 0.344. The van der Waals surface area contributed by atoms with Crippen molar-refractivity contribution >= 4 is 5.91 Å². The number of nitrogens with one attached hydrogen (secondary N) is 2. The Kier molecular flexibility index (Phi) is 3.98. The summed E-state index contributed by atoms with van der Waals surface area (Å²) in [5.74, 6) is 0.332. The molecule has 4 nitrogen and oxygen atoms in total. The Bertz CT molecular complexity index is 387. The highest BCUT2D eigenvalue weighted by molar-refractivity contribution is 5.96. The lowest BCUT2D eigenvalue weighted by atomic mass is 9.99. The van der Waals surface area contributed by atoms with Crippen molar-refractivity contribution in [1.82, 2.24) is 10.6 Å². The molecular weight excluding hydrogens is 216 g/mol. The maximum Gasteiger partial charge on any atom is 0.255 e. The monoisotopic (exact) mass is 234 g/mol. The minimum absolute atomic E-state index is 0.0340. The first-order valence-corrected chi connectivity index (χ1v) is 6.04. The van der Waals surface area contributed by atoms with Gasteiger partial charge < -0.3 is 15.7 Å². The third kappa shape index (κ3) is 3.20. The van der Waals surface area contributed by atoms with Crippen LogP contribution >= 0.6 is 0 Å². The van der Waals surface area contributed by atoms with E-state index in [0.717, 1.165) is 25.9 Å². The van der Waals surface area contributed by atoms with E-state index in [1.54, 1.807) is 18.2 Å². The Morgan fingerprint density at radius 2 is 2.29 bits per heavy atom. The third-order valence-electron chi connectivity index (χ3n) is 3.10. The standard InChI is InChI=1S/C13H18N2O2/c16-12-6-2-1-5-11(12)13(17)15-9-10-4-3-7-14-8-10/h1-2,5-6,10,14,16H,3-4,7-9H2,(H,15,17). The second-order valence-electron chi connectivity index (χ2n) is 4.44. The molecule has 1 aliphatic rings. The number of hydrogen-bond acceptors (Lipinski definition) is 3. The average molecular weight is 234 g/mol. The Labute approximate surface area is 101 Å². The molecule has 0 saturated carbocycles. The number of carbonyl (C=O) groups excluding carboxylic acids is 1. The Morgan fingerprint density at radius 1 is 1.47 bits per heavy atom. The molecule has 4 heteroatoms. The quantitative estimate of drug-likeness (QED) is 0.734. The minimum Gasteiger partial charge on any atom is -0.507 e. The van der Waals surface area contributed by atoms with E-state index in [1.807, 2.05) is 0 Å². The first kappa shape index (κ1) is 11.9. The summed E-state index contributed by atoms with van der Waals surface area (Å²) in [4.78, 5) is 11.8. The van der Waals surface area contributed by atoms with Gasteiger partial charge in [0.1, 0.15) is 5.75 Å². The van der Waals surface area contributed by atoms with E-state index in [9.17, 15) is 9.90 Å². The predicted octanol–water partition coefficient (Wildman–Crippen LogP) is 1.12. The molecule has 0 radical (unpaired) electrons. The molecule has 1 amide bonds. The van der Waals surface area contributed by atoms with Crippen LogP contribution in [0.5, 0.6) is 5.75 Å². The summed E-state index contributed by atoms with van der Waals surface area (Å²) in [6, 6.07) is 6.61. The van der Waals surface area contributed by atoms with Crippen molar-refractivity contribution in [3.05, 3.63) is 29.8 Å². The normalized spacial score (nSPS) is 19.9. The number of aromatic hydroxyl groups is 1. The molecule has 0 aromatic heterocycles. The lowest BCUT2D eigenvalue weighted by Gasteiger charge is -2.22. The fourth-order valence-corrected chi connectivity index (χ4v) is 2.10. The van der Waals surface area contributed by atoms with Crippen LogP contribution < -0.4 is 10.6 Å². The first-order chi connectivity index (χ1) is 8.27. The lowest BCUT2D eigenvalue weighted by Crippen LogP contribution is -2.38. The van der Waals surface area contributed by atoms with Crippen molar-refractivity contribution in [2.75, 3.05) is 19.6 Å². The van der Waals surface area contributed by atoms with E-state index in [2.05, 4.69) is 10.6 Å². The fraction of sp³-hybridized carbons (Fsp3) is 0.462. The number of benzene rings is 1. The molecule has 2 rings (SSSR count). The highest BCUT2D eigenvalue weighted by Gasteiger charge is 2.15. The van der Waals surface area contributed by atoms with Crippen molar-refractivity contribution in [3.63, 3.8) is 0 Å². The second kappa shape index (κ2) is 5.68. The minimum atomic E-state index is -0.200. The third-order valence-corrected chi connectivity index (χ3v) is 3.10. The maximum absolute atomic E-state index is 11.8. The largest absolute Gasteiger partial charge is 0.507 e. The predicted molar refractivity (Wildman–Crippen MR) is 66.0 cm³/mol. The molecule has 1 saturated heterocycles. The number of phenols is 1. The average Bonchev–Trinajstić information content (AvgIpc) is 2.38. The van der Waals surface area contributed by atoms with Crippen molar-refractivity contribution in [3.8, 4) is 5.75 Å². The number of rotatable bonds is 3. The second-order valence-corrected chi connectivity index (χ2v) is 4.44. The molecule has 92 valence electrons. The molecule has 0 bridgehead atoms. The van der Waals surface area contributed by atoms with Gasteiger partial charge in [-0.25, -0.2) is 0 Å². The van der Waals surface area contributed by atoms with Gasteiger partial charge in [-0.15, -0.1) is 0 Å². The Morgan fingerprint density at radius 3 is 3.00 bits per heavy atom. The van der Waals surface area contributed by atoms with Crippen LogP contribution in [0.15, 0.2) is 24.3 Å². The summed E-state index contributed by atoms with van der Waals surface area (Å²) in [5, 5.41) is 15.7. The number of hydrogen-bond donors (Lipinski definition) is 3. The smallest absolute Gasteiger partial charge is 0.255 e. The van der Waals surface area contributed by atoms with Gasteiger partial charge in [0.25, 0.3) is 5.91 Å². The van der Waals surface area contributed by atoms with Gasteiger partial charge in [0.15, 0.2) is 0 Å². The van der Waals surface area contributed by atoms with E-state index >= 15 is 0 Å². The van der Waals surface area contributed by atoms with Gasteiger partial charge in [-0.2, -0.15) is 0 Å². The molecule has 17 heavy (non-hydrogen) atoms. The molecule has 1 aliphatic heterocycles. The molecule has 3 N–H and O–H groups in total. The molecule has 0 aliphatic carbocycles. The maximum atomic E-state index is 11.8. The van der Waals surface area contributed by atoms with Crippen molar-refractivity contribution in [2.24, 2.45) is 5.92 Å². The molecule has 1 atom stereocenters. The van der Waals surface area contributed by atoms with Gasteiger partial charge in [-0.3, -0.25) is 4.79 Å². The number of para-hydroxylation sites is 1. The number of phenolic OH excluding ortho intramolecular Hbond substituents is 1. The highest BCUT2D eigenvalue weighted by atomic mass is 16.3. The number of piperidine rings is 1. The van der Waals surface area contributed by atoms with Crippen molar-refractivity contribution in [1.29, 1.82) is 0 Å². The van der Waals surface area contributed by atoms with Crippen LogP contribution in [0.1, 0.15) is 23.2 Å². The van der Waals surface area contributed by atoms with Gasteiger partial charge in [-0.1, -0.05) is 12.1 Å². The van der Waals surface area contributed by atoms with Crippen LogP contribution in [-0.4, -0.2) is 30.6 Å². The summed E-state index contributed by atoms with van der Waals surface area (Å²) in [7, 11) is 0. The Balaban J connectivity index is 1.87. The van der Waals surface area contributed by atoms with E-state index in [-0.39, 0.29) is 11.7 Å². The molecule has 1 unspecified atom stereocenters. The van der Waals surface area contributed by atoms with E-state index in [1.165, 1.54) is 6.07 Å². The zero-order valence-electron chi connectivity index (χ0n) is 9.78. The topological polar surface area (TPSA) is 61.4 Å². The lowest BCUT2D eigenvalue weighted by molar-refractivity contribution is 0.0942. The highest BCUT2D eigenvalue weighted by Crippen LogP contribution is 2.15. The summed E-state index contributed by atoms with van der Waals surface area (Å²) >= 11 is 0. The van der Waals surface area contributed by atoms with E-state index < -0.39 is 0 Å².